The van der Waals surface area contributed by atoms with Crippen molar-refractivity contribution in [1.82, 2.24) is 35.3 Å². The normalized spacial score (nSPS) is 20.8. The van der Waals surface area contributed by atoms with Gasteiger partial charge in [0, 0.05) is 36.6 Å². The van der Waals surface area contributed by atoms with Gasteiger partial charge < -0.3 is 10.6 Å². The van der Waals surface area contributed by atoms with E-state index in [0.717, 1.165) is 49.3 Å². The molecule has 0 bridgehead atoms. The monoisotopic (exact) mass is 454 g/mol. The molecule has 0 spiro atoms. The van der Waals surface area contributed by atoms with Gasteiger partial charge in [-0.05, 0) is 50.9 Å². The van der Waals surface area contributed by atoms with Crippen LogP contribution < -0.4 is 10.6 Å². The quantitative estimate of drug-likeness (QED) is 0.504. The Morgan fingerprint density at radius 1 is 1.16 bits per heavy atom. The summed E-state index contributed by atoms with van der Waals surface area (Å²) in [5.74, 6) is 1.24. The van der Waals surface area contributed by atoms with Crippen LogP contribution in [0.1, 0.15) is 54.6 Å². The number of aryl methyl sites for hydroxylation is 1. The van der Waals surface area contributed by atoms with Crippen molar-refractivity contribution in [1.29, 1.82) is 0 Å². The van der Waals surface area contributed by atoms with Gasteiger partial charge in [-0.3, -0.25) is 14.6 Å². The molecule has 168 valence electrons. The maximum absolute atomic E-state index is 12.2. The third-order valence-electron chi connectivity index (χ3n) is 6.40. The molecule has 32 heavy (non-hydrogen) atoms. The van der Waals surface area contributed by atoms with Gasteiger partial charge >= 0.3 is 0 Å². The maximum atomic E-state index is 12.2. The number of aromatic nitrogens is 6. The molecule has 1 amide bonds. The smallest absolute Gasteiger partial charge is 0.254 e. The van der Waals surface area contributed by atoms with Crippen LogP contribution in [0.15, 0.2) is 24.8 Å². The Morgan fingerprint density at radius 3 is 2.66 bits per heavy atom. The molecule has 9 nitrogen and oxygen atoms in total. The molecule has 3 heterocycles. The summed E-state index contributed by atoms with van der Waals surface area (Å²) in [6.07, 6.45) is 13.9. The lowest BCUT2D eigenvalue weighted by Gasteiger charge is -2.29. The minimum atomic E-state index is -0.0840. The van der Waals surface area contributed by atoms with Gasteiger partial charge in [0.15, 0.2) is 0 Å². The minimum Gasteiger partial charge on any atom is -0.351 e. The van der Waals surface area contributed by atoms with Crippen LogP contribution in [-0.4, -0.2) is 47.9 Å². The van der Waals surface area contributed by atoms with Gasteiger partial charge in [0.05, 0.1) is 34.9 Å². The fourth-order valence-electron chi connectivity index (χ4n) is 4.33. The van der Waals surface area contributed by atoms with Gasteiger partial charge in [0.2, 0.25) is 5.95 Å². The molecule has 0 unspecified atom stereocenters. The van der Waals surface area contributed by atoms with Gasteiger partial charge in [0.25, 0.3) is 5.91 Å². The molecular weight excluding hydrogens is 428 g/mol. The Morgan fingerprint density at radius 2 is 1.94 bits per heavy atom. The first-order valence-electron chi connectivity index (χ1n) is 11.2. The predicted octanol–water partition coefficient (Wildman–Crippen LogP) is 3.36. The van der Waals surface area contributed by atoms with Crippen LogP contribution in [0, 0.1) is 5.92 Å². The summed E-state index contributed by atoms with van der Waals surface area (Å²) in [6.45, 7) is 0. The lowest BCUT2D eigenvalue weighted by atomic mass is 9.91. The largest absolute Gasteiger partial charge is 0.351 e. The lowest BCUT2D eigenvalue weighted by Crippen LogP contribution is -2.40. The van der Waals surface area contributed by atoms with Crippen molar-refractivity contribution in [3.8, 4) is 11.3 Å². The van der Waals surface area contributed by atoms with E-state index in [0.29, 0.717) is 16.5 Å². The van der Waals surface area contributed by atoms with Gasteiger partial charge in [-0.2, -0.15) is 10.2 Å². The summed E-state index contributed by atoms with van der Waals surface area (Å²) in [7, 11) is 1.97. The Bertz CT molecular complexity index is 1080. The van der Waals surface area contributed by atoms with Gasteiger partial charge in [-0.25, -0.2) is 9.97 Å². The van der Waals surface area contributed by atoms with E-state index in [9.17, 15) is 4.79 Å². The van der Waals surface area contributed by atoms with Gasteiger partial charge in [0.1, 0.15) is 0 Å². The van der Waals surface area contributed by atoms with Crippen molar-refractivity contribution in [2.75, 3.05) is 5.32 Å². The van der Waals surface area contributed by atoms with E-state index in [1.54, 1.807) is 12.4 Å². The highest BCUT2D eigenvalue weighted by Gasteiger charge is 2.27. The van der Waals surface area contributed by atoms with Crippen molar-refractivity contribution < 1.29 is 4.79 Å². The predicted molar refractivity (Wildman–Crippen MR) is 121 cm³/mol. The number of rotatable bonds is 7. The average molecular weight is 455 g/mol. The Hall–Kier alpha value is -2.94. The van der Waals surface area contributed by atoms with E-state index in [1.165, 1.54) is 24.7 Å². The molecule has 0 radical (unpaired) electrons. The van der Waals surface area contributed by atoms with Crippen molar-refractivity contribution in [3.63, 3.8) is 0 Å². The van der Waals surface area contributed by atoms with Crippen LogP contribution in [0.25, 0.3) is 11.3 Å². The average Bonchev–Trinajstić information content (AvgIpc) is 3.29. The lowest BCUT2D eigenvalue weighted by molar-refractivity contribution is 0.0926. The second-order valence-corrected chi connectivity index (χ2v) is 9.23. The van der Waals surface area contributed by atoms with E-state index in [2.05, 4.69) is 30.9 Å². The van der Waals surface area contributed by atoms with Crippen LogP contribution in [0.2, 0.25) is 5.02 Å². The molecule has 0 saturated heterocycles. The zero-order chi connectivity index (χ0) is 22.1. The standard InChI is InChI=1S/C22H27ClN8O/c1-31-19(8-13-2-3-13)17(11-27-31)20-18(23)12-24-22(30-20)29-16-6-4-15(5-7-16)28-21(32)14-9-25-26-10-14/h9-13,15-16H,2-8H2,1H3,(H,25,26)(H,28,32)(H,24,29,30). The zero-order valence-electron chi connectivity index (χ0n) is 18.0. The summed E-state index contributed by atoms with van der Waals surface area (Å²) in [4.78, 5) is 21.4. The number of halogens is 1. The maximum Gasteiger partial charge on any atom is 0.254 e. The molecular formula is C22H27ClN8O. The molecule has 0 atom stereocenters. The minimum absolute atomic E-state index is 0.0840. The van der Waals surface area contributed by atoms with Crippen molar-refractivity contribution in [2.24, 2.45) is 13.0 Å². The third-order valence-corrected chi connectivity index (χ3v) is 6.67. The fourth-order valence-corrected chi connectivity index (χ4v) is 4.53. The molecule has 2 aliphatic carbocycles. The molecule has 3 aromatic rings. The van der Waals surface area contributed by atoms with Crippen molar-refractivity contribution >= 4 is 23.5 Å². The third kappa shape index (κ3) is 4.62. The molecule has 3 N–H and O–H groups in total. The number of hydrogen-bond acceptors (Lipinski definition) is 6. The number of H-pyrrole nitrogens is 1. The fraction of sp³-hybridized carbons (Fsp3) is 0.500. The van der Waals surface area contributed by atoms with Crippen LogP contribution in [0.3, 0.4) is 0 Å². The summed E-state index contributed by atoms with van der Waals surface area (Å²) in [6, 6.07) is 0.420. The first-order chi connectivity index (χ1) is 15.6. The highest BCUT2D eigenvalue weighted by molar-refractivity contribution is 6.32. The number of amides is 1. The second-order valence-electron chi connectivity index (χ2n) is 8.82. The summed E-state index contributed by atoms with van der Waals surface area (Å²) in [5, 5.41) is 18.0. The first-order valence-corrected chi connectivity index (χ1v) is 11.5. The van der Waals surface area contributed by atoms with E-state index >= 15 is 0 Å². The molecule has 10 heteroatoms. The molecule has 2 saturated carbocycles. The van der Waals surface area contributed by atoms with Crippen LogP contribution in [0.4, 0.5) is 5.95 Å². The Labute approximate surface area is 191 Å². The zero-order valence-corrected chi connectivity index (χ0v) is 18.8. The Kier molecular flexibility index (Phi) is 5.82. The van der Waals surface area contributed by atoms with E-state index in [1.807, 2.05) is 17.9 Å². The van der Waals surface area contributed by atoms with Crippen molar-refractivity contribution in [2.45, 2.75) is 57.0 Å². The van der Waals surface area contributed by atoms with E-state index < -0.39 is 0 Å². The summed E-state index contributed by atoms with van der Waals surface area (Å²) >= 11 is 6.48. The number of nitrogens with zero attached hydrogens (tertiary/aromatic N) is 5. The summed E-state index contributed by atoms with van der Waals surface area (Å²) < 4.78 is 1.93. The first kappa shape index (κ1) is 20.9. The number of aromatic amines is 1. The van der Waals surface area contributed by atoms with Crippen molar-refractivity contribution in [3.05, 3.63) is 41.1 Å². The molecule has 0 aromatic carbocycles. The molecule has 3 aromatic heterocycles. The number of carbonyl (C=O) groups excluding carboxylic acids is 1. The molecule has 2 fully saturated rings. The molecule has 0 aliphatic heterocycles. The highest BCUT2D eigenvalue weighted by atomic mass is 35.5. The number of carbonyl (C=O) groups is 1. The number of anilines is 1. The number of nitrogens with one attached hydrogen (secondary N) is 3. The Balaban J connectivity index is 1.22. The SMILES string of the molecule is Cn1ncc(-c2nc(NC3CCC(NC(=O)c4cn[nH]c4)CC3)ncc2Cl)c1CC1CC1. The van der Waals surface area contributed by atoms with E-state index in [-0.39, 0.29) is 18.0 Å². The topological polar surface area (TPSA) is 113 Å². The van der Waals surface area contributed by atoms with Gasteiger partial charge in [-0.15, -0.1) is 0 Å². The van der Waals surface area contributed by atoms with Gasteiger partial charge in [-0.1, -0.05) is 11.6 Å². The highest BCUT2D eigenvalue weighted by Crippen LogP contribution is 2.37. The number of hydrogen-bond donors (Lipinski definition) is 3. The van der Waals surface area contributed by atoms with E-state index in [4.69, 9.17) is 16.6 Å². The van der Waals surface area contributed by atoms with Crippen LogP contribution >= 0.6 is 11.6 Å². The second kappa shape index (κ2) is 8.90. The van der Waals surface area contributed by atoms with Crippen LogP contribution in [-0.2, 0) is 13.5 Å². The summed E-state index contributed by atoms with van der Waals surface area (Å²) in [5.41, 5.74) is 3.45. The molecule has 2 aliphatic rings. The molecule has 5 rings (SSSR count). The van der Waals surface area contributed by atoms with Crippen LogP contribution in [0.5, 0.6) is 0 Å².